The Morgan fingerprint density at radius 3 is 2.33 bits per heavy atom. The SMILES string of the molecule is O=C(O)COc1cc(F)c(F)c(F)c1F. The highest BCUT2D eigenvalue weighted by Crippen LogP contribution is 2.24. The second-order valence-corrected chi connectivity index (χ2v) is 2.48. The molecule has 0 aliphatic rings. The number of rotatable bonds is 3. The molecule has 0 saturated heterocycles. The van der Waals surface area contributed by atoms with Crippen molar-refractivity contribution in [3.8, 4) is 5.75 Å². The van der Waals surface area contributed by atoms with E-state index in [1.54, 1.807) is 0 Å². The summed E-state index contributed by atoms with van der Waals surface area (Å²) in [5.74, 6) is -9.90. The molecule has 0 fully saturated rings. The molecule has 0 atom stereocenters. The minimum atomic E-state index is -2.05. The number of carboxylic acids is 1. The summed E-state index contributed by atoms with van der Waals surface area (Å²) in [5.41, 5.74) is 0. The van der Waals surface area contributed by atoms with Gasteiger partial charge in [0.1, 0.15) is 0 Å². The summed E-state index contributed by atoms with van der Waals surface area (Å²) in [6.07, 6.45) is 0. The molecule has 0 aliphatic carbocycles. The van der Waals surface area contributed by atoms with Crippen LogP contribution in [0.5, 0.6) is 5.75 Å². The molecule has 1 N–H and O–H groups in total. The summed E-state index contributed by atoms with van der Waals surface area (Å²) < 4.78 is 54.5. The molecule has 0 radical (unpaired) electrons. The van der Waals surface area contributed by atoms with Gasteiger partial charge in [-0.05, 0) is 0 Å². The van der Waals surface area contributed by atoms with Crippen LogP contribution < -0.4 is 4.74 Å². The van der Waals surface area contributed by atoms with Gasteiger partial charge in [-0.2, -0.15) is 4.39 Å². The van der Waals surface area contributed by atoms with E-state index in [2.05, 4.69) is 4.74 Å². The molecular formula is C8H4F4O3. The molecule has 3 nitrogen and oxygen atoms in total. The lowest BCUT2D eigenvalue weighted by molar-refractivity contribution is -0.139. The highest BCUT2D eigenvalue weighted by molar-refractivity contribution is 5.68. The number of benzene rings is 1. The monoisotopic (exact) mass is 224 g/mol. The van der Waals surface area contributed by atoms with E-state index in [9.17, 15) is 22.4 Å². The summed E-state index contributed by atoms with van der Waals surface area (Å²) >= 11 is 0. The lowest BCUT2D eigenvalue weighted by Gasteiger charge is -2.05. The van der Waals surface area contributed by atoms with E-state index in [1.807, 2.05) is 0 Å². The van der Waals surface area contributed by atoms with Crippen LogP contribution in [0.15, 0.2) is 6.07 Å². The van der Waals surface area contributed by atoms with Crippen molar-refractivity contribution < 1.29 is 32.2 Å². The maximum Gasteiger partial charge on any atom is 0.341 e. The Morgan fingerprint density at radius 2 is 1.80 bits per heavy atom. The number of aliphatic carboxylic acids is 1. The normalized spacial score (nSPS) is 10.1. The van der Waals surface area contributed by atoms with E-state index >= 15 is 0 Å². The molecule has 1 rings (SSSR count). The van der Waals surface area contributed by atoms with E-state index < -0.39 is 41.6 Å². The fourth-order valence-corrected chi connectivity index (χ4v) is 0.796. The summed E-state index contributed by atoms with van der Waals surface area (Å²) in [7, 11) is 0. The number of carbonyl (C=O) groups is 1. The van der Waals surface area contributed by atoms with Gasteiger partial charge < -0.3 is 9.84 Å². The average Bonchev–Trinajstić information content (AvgIpc) is 2.18. The van der Waals surface area contributed by atoms with Crippen LogP contribution in [-0.4, -0.2) is 17.7 Å². The van der Waals surface area contributed by atoms with Crippen LogP contribution in [0, 0.1) is 23.3 Å². The lowest BCUT2D eigenvalue weighted by Crippen LogP contribution is -2.11. The number of carboxylic acid groups (broad SMARTS) is 1. The smallest absolute Gasteiger partial charge is 0.341 e. The van der Waals surface area contributed by atoms with Crippen molar-refractivity contribution in [2.24, 2.45) is 0 Å². The largest absolute Gasteiger partial charge is 0.479 e. The second-order valence-electron chi connectivity index (χ2n) is 2.48. The zero-order valence-electron chi connectivity index (χ0n) is 7.06. The zero-order chi connectivity index (χ0) is 11.6. The Balaban J connectivity index is 3.04. The molecule has 0 saturated carbocycles. The Morgan fingerprint density at radius 1 is 1.20 bits per heavy atom. The molecular weight excluding hydrogens is 220 g/mol. The molecule has 1 aromatic rings. The van der Waals surface area contributed by atoms with Gasteiger partial charge >= 0.3 is 5.97 Å². The topological polar surface area (TPSA) is 46.5 Å². The first-order chi connectivity index (χ1) is 6.93. The standard InChI is InChI=1S/C8H4F4O3/c9-3-1-4(15-2-5(13)14)7(11)8(12)6(3)10/h1H,2H2,(H,13,14). The third-order valence-corrected chi connectivity index (χ3v) is 1.42. The average molecular weight is 224 g/mol. The second kappa shape index (κ2) is 4.16. The quantitative estimate of drug-likeness (QED) is 0.483. The van der Waals surface area contributed by atoms with E-state index in [4.69, 9.17) is 5.11 Å². The van der Waals surface area contributed by atoms with Gasteiger partial charge in [0.15, 0.2) is 24.0 Å². The van der Waals surface area contributed by atoms with Gasteiger partial charge in [0, 0.05) is 6.07 Å². The van der Waals surface area contributed by atoms with Crippen LogP contribution in [-0.2, 0) is 4.79 Å². The summed E-state index contributed by atoms with van der Waals surface area (Å²) in [4.78, 5) is 10.0. The fourth-order valence-electron chi connectivity index (χ4n) is 0.796. The van der Waals surface area contributed by atoms with Gasteiger partial charge in [-0.25, -0.2) is 18.0 Å². The van der Waals surface area contributed by atoms with Gasteiger partial charge in [0.25, 0.3) is 0 Å². The number of ether oxygens (including phenoxy) is 1. The summed E-state index contributed by atoms with van der Waals surface area (Å²) in [6, 6.07) is 0.233. The molecule has 0 unspecified atom stereocenters. The van der Waals surface area contributed by atoms with Crippen LogP contribution in [0.2, 0.25) is 0 Å². The van der Waals surface area contributed by atoms with E-state index in [0.717, 1.165) is 0 Å². The van der Waals surface area contributed by atoms with Crippen LogP contribution >= 0.6 is 0 Å². The van der Waals surface area contributed by atoms with Gasteiger partial charge in [0.05, 0.1) is 0 Å². The van der Waals surface area contributed by atoms with E-state index in [1.165, 1.54) is 0 Å². The molecule has 0 heterocycles. The molecule has 82 valence electrons. The van der Waals surface area contributed by atoms with Gasteiger partial charge in [-0.15, -0.1) is 0 Å². The Bertz CT molecular complexity index is 405. The first kappa shape index (κ1) is 11.3. The number of hydrogen-bond donors (Lipinski definition) is 1. The van der Waals surface area contributed by atoms with Crippen molar-refractivity contribution in [1.29, 1.82) is 0 Å². The highest BCUT2D eigenvalue weighted by Gasteiger charge is 2.20. The third-order valence-electron chi connectivity index (χ3n) is 1.42. The Kier molecular flexibility index (Phi) is 3.13. The van der Waals surface area contributed by atoms with Crippen LogP contribution in [0.25, 0.3) is 0 Å². The van der Waals surface area contributed by atoms with Crippen molar-refractivity contribution in [2.45, 2.75) is 0 Å². The van der Waals surface area contributed by atoms with Gasteiger partial charge in [-0.1, -0.05) is 0 Å². The molecule has 7 heteroatoms. The maximum absolute atomic E-state index is 12.8. The molecule has 0 aromatic heterocycles. The van der Waals surface area contributed by atoms with Crippen LogP contribution in [0.1, 0.15) is 0 Å². The minimum Gasteiger partial charge on any atom is -0.479 e. The van der Waals surface area contributed by atoms with Crippen molar-refractivity contribution in [1.82, 2.24) is 0 Å². The fraction of sp³-hybridized carbons (Fsp3) is 0.125. The molecule has 15 heavy (non-hydrogen) atoms. The Labute approximate surface area is 80.9 Å². The van der Waals surface area contributed by atoms with Crippen molar-refractivity contribution in [3.63, 3.8) is 0 Å². The first-order valence-corrected chi connectivity index (χ1v) is 3.61. The summed E-state index contributed by atoms with van der Waals surface area (Å²) in [5, 5.41) is 8.15. The predicted molar refractivity (Wildman–Crippen MR) is 39.4 cm³/mol. The molecule has 0 amide bonds. The highest BCUT2D eigenvalue weighted by atomic mass is 19.2. The van der Waals surface area contributed by atoms with Crippen LogP contribution in [0.3, 0.4) is 0 Å². The zero-order valence-corrected chi connectivity index (χ0v) is 7.06. The van der Waals surface area contributed by atoms with E-state index in [0.29, 0.717) is 0 Å². The molecule has 1 aromatic carbocycles. The molecule has 0 bridgehead atoms. The Hall–Kier alpha value is -1.79. The third kappa shape index (κ3) is 2.36. The van der Waals surface area contributed by atoms with E-state index in [-0.39, 0.29) is 6.07 Å². The van der Waals surface area contributed by atoms with Crippen LogP contribution in [0.4, 0.5) is 17.6 Å². The van der Waals surface area contributed by atoms with Gasteiger partial charge in [-0.3, -0.25) is 0 Å². The number of hydrogen-bond acceptors (Lipinski definition) is 2. The van der Waals surface area contributed by atoms with Gasteiger partial charge in [0.2, 0.25) is 11.6 Å². The number of halogens is 4. The van der Waals surface area contributed by atoms with Crippen molar-refractivity contribution in [3.05, 3.63) is 29.3 Å². The lowest BCUT2D eigenvalue weighted by atomic mass is 10.3. The molecule has 0 aliphatic heterocycles. The van der Waals surface area contributed by atoms with Crippen molar-refractivity contribution in [2.75, 3.05) is 6.61 Å². The first-order valence-electron chi connectivity index (χ1n) is 3.61. The molecule has 0 spiro atoms. The predicted octanol–water partition coefficient (Wildman–Crippen LogP) is 1.71. The summed E-state index contributed by atoms with van der Waals surface area (Å²) in [6.45, 7) is -0.985. The minimum absolute atomic E-state index is 0.233. The van der Waals surface area contributed by atoms with Crippen molar-refractivity contribution >= 4 is 5.97 Å². The maximum atomic E-state index is 12.8.